The van der Waals surface area contributed by atoms with E-state index < -0.39 is 17.2 Å². The number of aryl methyl sites for hydroxylation is 1. The number of aliphatic hydroxyl groups is 1. The van der Waals surface area contributed by atoms with Crippen LogP contribution in [0.4, 0.5) is 14.6 Å². The number of aromatic nitrogens is 4. The van der Waals surface area contributed by atoms with Crippen LogP contribution in [0.25, 0.3) is 11.3 Å². The van der Waals surface area contributed by atoms with E-state index >= 15 is 0 Å². The monoisotopic (exact) mass is 371 g/mol. The molecular weight excluding hydrogens is 352 g/mol. The molecule has 140 valence electrons. The predicted molar refractivity (Wildman–Crippen MR) is 95.9 cm³/mol. The van der Waals surface area contributed by atoms with Gasteiger partial charge in [-0.15, -0.1) is 0 Å². The molecule has 0 unspecified atom stereocenters. The number of nitrogens with zero attached hydrogens (tertiary/aromatic N) is 5. The molecule has 2 aromatic heterocycles. The first-order valence-corrected chi connectivity index (χ1v) is 8.68. The van der Waals surface area contributed by atoms with Gasteiger partial charge in [0.15, 0.2) is 11.6 Å². The molecule has 0 saturated carbocycles. The van der Waals surface area contributed by atoms with Crippen molar-refractivity contribution < 1.29 is 13.9 Å². The molecule has 0 aliphatic carbocycles. The molecule has 1 aromatic carbocycles. The number of hydrogen-bond donors (Lipinski definition) is 1. The van der Waals surface area contributed by atoms with Crippen molar-refractivity contribution in [2.24, 2.45) is 7.05 Å². The number of rotatable bonds is 3. The maximum absolute atomic E-state index is 13.5. The standard InChI is InChI=1S/C19H19F2N5O/c1-25-12-13(9-23-25)17-10-22-11-18(24-17)26-6-4-19(27,5-7-26)14-2-3-15(20)16(21)8-14/h2-3,8-12,27H,4-7H2,1H3. The minimum absolute atomic E-state index is 0.386. The van der Waals surface area contributed by atoms with Gasteiger partial charge in [-0.05, 0) is 30.5 Å². The Kier molecular flexibility index (Phi) is 4.35. The lowest BCUT2D eigenvalue weighted by molar-refractivity contribution is 0.0113. The lowest BCUT2D eigenvalue weighted by atomic mass is 9.84. The molecule has 6 nitrogen and oxygen atoms in total. The van der Waals surface area contributed by atoms with Gasteiger partial charge < -0.3 is 10.0 Å². The third kappa shape index (κ3) is 3.40. The van der Waals surface area contributed by atoms with Crippen molar-refractivity contribution in [3.63, 3.8) is 0 Å². The second-order valence-corrected chi connectivity index (χ2v) is 6.81. The van der Waals surface area contributed by atoms with Gasteiger partial charge in [0.2, 0.25) is 0 Å². The topological polar surface area (TPSA) is 67.1 Å². The largest absolute Gasteiger partial charge is 0.385 e. The van der Waals surface area contributed by atoms with E-state index in [0.717, 1.165) is 23.4 Å². The highest BCUT2D eigenvalue weighted by molar-refractivity contribution is 5.58. The van der Waals surface area contributed by atoms with Gasteiger partial charge in [-0.2, -0.15) is 5.10 Å². The lowest BCUT2D eigenvalue weighted by Gasteiger charge is -2.39. The fourth-order valence-corrected chi connectivity index (χ4v) is 3.38. The maximum atomic E-state index is 13.5. The van der Waals surface area contributed by atoms with Gasteiger partial charge in [-0.25, -0.2) is 13.8 Å². The van der Waals surface area contributed by atoms with Crippen molar-refractivity contribution in [3.8, 4) is 11.3 Å². The predicted octanol–water partition coefficient (Wildman–Crippen LogP) is 2.64. The van der Waals surface area contributed by atoms with Crippen LogP contribution in [-0.2, 0) is 12.6 Å². The Morgan fingerprint density at radius 2 is 1.85 bits per heavy atom. The first-order chi connectivity index (χ1) is 12.9. The Hall–Kier alpha value is -2.87. The quantitative estimate of drug-likeness (QED) is 0.767. The Bertz CT molecular complexity index is 966. The number of hydrogen-bond acceptors (Lipinski definition) is 5. The molecule has 3 heterocycles. The summed E-state index contributed by atoms with van der Waals surface area (Å²) in [6, 6.07) is 3.57. The first kappa shape index (κ1) is 17.5. The van der Waals surface area contributed by atoms with E-state index in [2.05, 4.69) is 15.1 Å². The number of halogens is 2. The molecular formula is C19H19F2N5O. The second kappa shape index (κ2) is 6.70. The van der Waals surface area contributed by atoms with Crippen molar-refractivity contribution in [3.05, 3.63) is 60.2 Å². The summed E-state index contributed by atoms with van der Waals surface area (Å²) < 4.78 is 28.4. The molecule has 1 saturated heterocycles. The SMILES string of the molecule is Cn1cc(-c2cncc(N3CCC(O)(c4ccc(F)c(F)c4)CC3)n2)cn1. The average molecular weight is 371 g/mol. The lowest BCUT2D eigenvalue weighted by Crippen LogP contribution is -2.43. The molecule has 1 aliphatic heterocycles. The zero-order valence-electron chi connectivity index (χ0n) is 14.8. The van der Waals surface area contributed by atoms with Crippen LogP contribution >= 0.6 is 0 Å². The normalized spacial score (nSPS) is 16.5. The molecule has 1 aliphatic rings. The first-order valence-electron chi connectivity index (χ1n) is 8.68. The van der Waals surface area contributed by atoms with Gasteiger partial charge in [0.05, 0.1) is 29.9 Å². The minimum Gasteiger partial charge on any atom is -0.385 e. The number of benzene rings is 1. The molecule has 8 heteroatoms. The highest BCUT2D eigenvalue weighted by Crippen LogP contribution is 2.34. The van der Waals surface area contributed by atoms with Crippen LogP contribution in [0.1, 0.15) is 18.4 Å². The van der Waals surface area contributed by atoms with Crippen LogP contribution in [0.15, 0.2) is 43.0 Å². The summed E-state index contributed by atoms with van der Waals surface area (Å²) in [5.41, 5.74) is 0.819. The third-order valence-electron chi connectivity index (χ3n) is 4.99. The molecule has 3 aromatic rings. The molecule has 1 N–H and O–H groups in total. The fraction of sp³-hybridized carbons (Fsp3) is 0.316. The Morgan fingerprint density at radius 3 is 2.52 bits per heavy atom. The smallest absolute Gasteiger partial charge is 0.159 e. The van der Waals surface area contributed by atoms with E-state index in [1.165, 1.54) is 6.07 Å². The van der Waals surface area contributed by atoms with Crippen LogP contribution in [-0.4, -0.2) is 37.9 Å². The number of piperidine rings is 1. The van der Waals surface area contributed by atoms with Crippen LogP contribution in [0.2, 0.25) is 0 Å². The van der Waals surface area contributed by atoms with E-state index in [-0.39, 0.29) is 0 Å². The van der Waals surface area contributed by atoms with Crippen molar-refractivity contribution in [2.45, 2.75) is 18.4 Å². The van der Waals surface area contributed by atoms with Gasteiger partial charge in [-0.1, -0.05) is 6.07 Å². The molecule has 4 rings (SSSR count). The molecule has 0 spiro atoms. The summed E-state index contributed by atoms with van der Waals surface area (Å²) in [6.07, 6.45) is 7.73. The summed E-state index contributed by atoms with van der Waals surface area (Å²) in [5.74, 6) is -1.15. The van der Waals surface area contributed by atoms with Crippen LogP contribution in [0, 0.1) is 11.6 Å². The van der Waals surface area contributed by atoms with Crippen molar-refractivity contribution in [1.82, 2.24) is 19.7 Å². The third-order valence-corrected chi connectivity index (χ3v) is 4.99. The van der Waals surface area contributed by atoms with Gasteiger partial charge in [0.25, 0.3) is 0 Å². The summed E-state index contributed by atoms with van der Waals surface area (Å²) >= 11 is 0. The van der Waals surface area contributed by atoms with Gasteiger partial charge in [-0.3, -0.25) is 9.67 Å². The molecule has 0 radical (unpaired) electrons. The Balaban J connectivity index is 1.51. The Morgan fingerprint density at radius 1 is 1.07 bits per heavy atom. The van der Waals surface area contributed by atoms with Crippen molar-refractivity contribution in [2.75, 3.05) is 18.0 Å². The van der Waals surface area contributed by atoms with Crippen LogP contribution < -0.4 is 4.90 Å². The molecule has 0 bridgehead atoms. The molecule has 0 atom stereocenters. The minimum atomic E-state index is -1.18. The van der Waals surface area contributed by atoms with E-state index in [4.69, 9.17) is 0 Å². The van der Waals surface area contributed by atoms with E-state index in [0.29, 0.717) is 37.3 Å². The van der Waals surface area contributed by atoms with Crippen LogP contribution in [0.5, 0.6) is 0 Å². The van der Waals surface area contributed by atoms with Crippen molar-refractivity contribution >= 4 is 5.82 Å². The van der Waals surface area contributed by atoms with E-state index in [1.807, 2.05) is 18.1 Å². The summed E-state index contributed by atoms with van der Waals surface area (Å²) in [7, 11) is 1.84. The Labute approximate surface area is 155 Å². The summed E-state index contributed by atoms with van der Waals surface area (Å²) in [5, 5.41) is 15.0. The highest BCUT2D eigenvalue weighted by atomic mass is 19.2. The highest BCUT2D eigenvalue weighted by Gasteiger charge is 2.35. The van der Waals surface area contributed by atoms with Crippen molar-refractivity contribution in [1.29, 1.82) is 0 Å². The van der Waals surface area contributed by atoms with Gasteiger partial charge >= 0.3 is 0 Å². The fourth-order valence-electron chi connectivity index (χ4n) is 3.38. The molecule has 1 fully saturated rings. The van der Waals surface area contributed by atoms with E-state index in [1.54, 1.807) is 23.3 Å². The number of anilines is 1. The van der Waals surface area contributed by atoms with E-state index in [9.17, 15) is 13.9 Å². The van der Waals surface area contributed by atoms with Crippen LogP contribution in [0.3, 0.4) is 0 Å². The summed E-state index contributed by atoms with van der Waals surface area (Å²) in [6.45, 7) is 1.06. The summed E-state index contributed by atoms with van der Waals surface area (Å²) in [4.78, 5) is 10.9. The van der Waals surface area contributed by atoms with Gasteiger partial charge in [0.1, 0.15) is 5.82 Å². The average Bonchev–Trinajstić information content (AvgIpc) is 3.11. The zero-order valence-corrected chi connectivity index (χ0v) is 14.8. The van der Waals surface area contributed by atoms with Gasteiger partial charge in [0, 0.05) is 31.9 Å². The maximum Gasteiger partial charge on any atom is 0.159 e. The zero-order chi connectivity index (χ0) is 19.0. The molecule has 27 heavy (non-hydrogen) atoms. The second-order valence-electron chi connectivity index (χ2n) is 6.81. The molecule has 0 amide bonds.